The number of rotatable bonds is 2. The van der Waals surface area contributed by atoms with E-state index in [1.807, 2.05) is 6.07 Å². The Labute approximate surface area is 100 Å². The summed E-state index contributed by atoms with van der Waals surface area (Å²) >= 11 is 0. The van der Waals surface area contributed by atoms with E-state index in [1.165, 1.54) is 6.07 Å². The Balaban J connectivity index is 2.35. The molecule has 0 spiro atoms. The SMILES string of the molecule is CC1CC(C)N(c2cc(N)cc([N+](=O)[O-])c2)C1. The van der Waals surface area contributed by atoms with E-state index in [2.05, 4.69) is 18.7 Å². The van der Waals surface area contributed by atoms with E-state index in [4.69, 9.17) is 5.73 Å². The van der Waals surface area contributed by atoms with E-state index in [0.717, 1.165) is 18.7 Å². The van der Waals surface area contributed by atoms with Crippen LogP contribution < -0.4 is 10.6 Å². The Morgan fingerprint density at radius 3 is 2.65 bits per heavy atom. The van der Waals surface area contributed by atoms with Gasteiger partial charge in [0.1, 0.15) is 0 Å². The van der Waals surface area contributed by atoms with Crippen LogP contribution in [0, 0.1) is 16.0 Å². The molecule has 0 bridgehead atoms. The number of nitrogen functional groups attached to an aromatic ring is 1. The van der Waals surface area contributed by atoms with Crippen LogP contribution in [0.3, 0.4) is 0 Å². The predicted octanol–water partition coefficient (Wildman–Crippen LogP) is 2.41. The highest BCUT2D eigenvalue weighted by Crippen LogP contribution is 2.32. The van der Waals surface area contributed by atoms with Crippen LogP contribution in [0.5, 0.6) is 0 Å². The van der Waals surface area contributed by atoms with Crippen molar-refractivity contribution < 1.29 is 4.92 Å². The molecule has 0 saturated carbocycles. The highest BCUT2D eigenvalue weighted by molar-refractivity contribution is 5.63. The Morgan fingerprint density at radius 1 is 1.41 bits per heavy atom. The minimum atomic E-state index is -0.399. The van der Waals surface area contributed by atoms with Crippen LogP contribution in [-0.4, -0.2) is 17.5 Å². The molecule has 1 aromatic carbocycles. The summed E-state index contributed by atoms with van der Waals surface area (Å²) in [5.41, 5.74) is 7.08. The van der Waals surface area contributed by atoms with Gasteiger partial charge in [-0.25, -0.2) is 0 Å². The molecule has 2 unspecified atom stereocenters. The zero-order chi connectivity index (χ0) is 12.6. The van der Waals surface area contributed by atoms with Crippen LogP contribution in [0.1, 0.15) is 20.3 Å². The maximum Gasteiger partial charge on any atom is 0.273 e. The van der Waals surface area contributed by atoms with Crippen LogP contribution in [0.4, 0.5) is 17.1 Å². The van der Waals surface area contributed by atoms with E-state index < -0.39 is 4.92 Å². The Morgan fingerprint density at radius 2 is 2.12 bits per heavy atom. The third-order valence-corrected chi connectivity index (χ3v) is 3.25. The smallest absolute Gasteiger partial charge is 0.273 e. The third-order valence-electron chi connectivity index (χ3n) is 3.25. The van der Waals surface area contributed by atoms with Gasteiger partial charge in [0.15, 0.2) is 0 Å². The van der Waals surface area contributed by atoms with Gasteiger partial charge in [-0.2, -0.15) is 0 Å². The number of nitrogens with two attached hydrogens (primary N) is 1. The van der Waals surface area contributed by atoms with Crippen molar-refractivity contribution in [2.45, 2.75) is 26.3 Å². The average Bonchev–Trinajstić information content (AvgIpc) is 2.57. The second kappa shape index (κ2) is 4.24. The lowest BCUT2D eigenvalue weighted by Gasteiger charge is -2.23. The zero-order valence-corrected chi connectivity index (χ0v) is 10.1. The van der Waals surface area contributed by atoms with E-state index >= 15 is 0 Å². The average molecular weight is 235 g/mol. The minimum absolute atomic E-state index is 0.0618. The van der Waals surface area contributed by atoms with Gasteiger partial charge in [0.05, 0.1) is 4.92 Å². The normalized spacial score (nSPS) is 24.0. The number of non-ortho nitro benzene ring substituents is 1. The number of hydrogen-bond donors (Lipinski definition) is 1. The lowest BCUT2D eigenvalue weighted by Crippen LogP contribution is -2.26. The topological polar surface area (TPSA) is 72.4 Å². The minimum Gasteiger partial charge on any atom is -0.398 e. The van der Waals surface area contributed by atoms with Gasteiger partial charge in [-0.05, 0) is 25.3 Å². The summed E-state index contributed by atoms with van der Waals surface area (Å²) in [5.74, 6) is 0.616. The molecular formula is C12H17N3O2. The van der Waals surface area contributed by atoms with Crippen molar-refractivity contribution in [2.75, 3.05) is 17.2 Å². The Bertz CT molecular complexity index is 447. The van der Waals surface area contributed by atoms with Gasteiger partial charge in [0.25, 0.3) is 5.69 Å². The summed E-state index contributed by atoms with van der Waals surface area (Å²) in [5, 5.41) is 10.8. The molecule has 0 aliphatic carbocycles. The molecular weight excluding hydrogens is 218 g/mol. The molecule has 92 valence electrons. The standard InChI is InChI=1S/C12H17N3O2/c1-8-3-9(2)14(7-8)11-4-10(13)5-12(6-11)15(16)17/h4-6,8-9H,3,7,13H2,1-2H3. The molecule has 2 N–H and O–H groups in total. The molecule has 0 radical (unpaired) electrons. The van der Waals surface area contributed by atoms with Crippen molar-refractivity contribution in [2.24, 2.45) is 5.92 Å². The fourth-order valence-electron chi connectivity index (χ4n) is 2.55. The van der Waals surface area contributed by atoms with Gasteiger partial charge in [-0.3, -0.25) is 10.1 Å². The molecule has 17 heavy (non-hydrogen) atoms. The van der Waals surface area contributed by atoms with Gasteiger partial charge in [0.2, 0.25) is 0 Å². The van der Waals surface area contributed by atoms with Crippen molar-refractivity contribution >= 4 is 17.1 Å². The molecule has 5 nitrogen and oxygen atoms in total. The lowest BCUT2D eigenvalue weighted by atomic mass is 10.1. The molecule has 1 aliphatic rings. The highest BCUT2D eigenvalue weighted by atomic mass is 16.6. The monoisotopic (exact) mass is 235 g/mol. The van der Waals surface area contributed by atoms with E-state index in [9.17, 15) is 10.1 Å². The predicted molar refractivity (Wildman–Crippen MR) is 68.1 cm³/mol. The van der Waals surface area contributed by atoms with Gasteiger partial charge in [0, 0.05) is 36.1 Å². The molecule has 1 heterocycles. The van der Waals surface area contributed by atoms with Crippen LogP contribution in [-0.2, 0) is 0 Å². The fraction of sp³-hybridized carbons (Fsp3) is 0.500. The number of hydrogen-bond acceptors (Lipinski definition) is 4. The van der Waals surface area contributed by atoms with Crippen molar-refractivity contribution in [3.8, 4) is 0 Å². The van der Waals surface area contributed by atoms with Crippen molar-refractivity contribution in [3.05, 3.63) is 28.3 Å². The van der Waals surface area contributed by atoms with Gasteiger partial charge in [-0.15, -0.1) is 0 Å². The van der Waals surface area contributed by atoms with E-state index in [-0.39, 0.29) is 5.69 Å². The molecule has 0 amide bonds. The van der Waals surface area contributed by atoms with E-state index in [0.29, 0.717) is 17.6 Å². The van der Waals surface area contributed by atoms with Crippen LogP contribution in [0.2, 0.25) is 0 Å². The summed E-state index contributed by atoms with van der Waals surface area (Å²) in [6.45, 7) is 5.26. The molecule has 5 heteroatoms. The van der Waals surface area contributed by atoms with Crippen molar-refractivity contribution in [1.29, 1.82) is 0 Å². The highest BCUT2D eigenvalue weighted by Gasteiger charge is 2.27. The summed E-state index contributed by atoms with van der Waals surface area (Å²) in [6.07, 6.45) is 1.11. The molecule has 1 saturated heterocycles. The van der Waals surface area contributed by atoms with Crippen LogP contribution >= 0.6 is 0 Å². The van der Waals surface area contributed by atoms with Gasteiger partial charge < -0.3 is 10.6 Å². The first-order valence-electron chi connectivity index (χ1n) is 5.79. The van der Waals surface area contributed by atoms with Gasteiger partial charge in [-0.1, -0.05) is 6.92 Å². The number of anilines is 2. The first-order chi connectivity index (χ1) is 7.97. The maximum absolute atomic E-state index is 10.8. The summed E-state index contributed by atoms with van der Waals surface area (Å²) in [4.78, 5) is 12.6. The molecule has 1 fully saturated rings. The first-order valence-corrected chi connectivity index (χ1v) is 5.79. The first kappa shape index (κ1) is 11.7. The summed E-state index contributed by atoms with van der Waals surface area (Å²) in [7, 11) is 0. The van der Waals surface area contributed by atoms with Crippen LogP contribution in [0.15, 0.2) is 18.2 Å². The van der Waals surface area contributed by atoms with Crippen molar-refractivity contribution in [3.63, 3.8) is 0 Å². The largest absolute Gasteiger partial charge is 0.398 e. The quantitative estimate of drug-likeness (QED) is 0.485. The summed E-state index contributed by atoms with van der Waals surface area (Å²) < 4.78 is 0. The molecule has 2 rings (SSSR count). The molecule has 1 aliphatic heterocycles. The third kappa shape index (κ3) is 2.33. The van der Waals surface area contributed by atoms with E-state index in [1.54, 1.807) is 6.07 Å². The van der Waals surface area contributed by atoms with Crippen molar-refractivity contribution in [1.82, 2.24) is 0 Å². The lowest BCUT2D eigenvalue weighted by molar-refractivity contribution is -0.384. The molecule has 2 atom stereocenters. The number of nitrogens with zero attached hydrogens (tertiary/aromatic N) is 2. The molecule has 1 aromatic rings. The Kier molecular flexibility index (Phi) is 2.92. The number of nitro groups is 1. The van der Waals surface area contributed by atoms with Gasteiger partial charge >= 0.3 is 0 Å². The fourth-order valence-corrected chi connectivity index (χ4v) is 2.55. The van der Waals surface area contributed by atoms with Crippen LogP contribution in [0.25, 0.3) is 0 Å². The Hall–Kier alpha value is -1.78. The number of benzene rings is 1. The maximum atomic E-state index is 10.8. The number of nitro benzene ring substituents is 1. The molecule has 0 aromatic heterocycles. The second-order valence-corrected chi connectivity index (χ2v) is 4.88. The second-order valence-electron chi connectivity index (χ2n) is 4.88. The zero-order valence-electron chi connectivity index (χ0n) is 10.1. The summed E-state index contributed by atoms with van der Waals surface area (Å²) in [6, 6.07) is 5.21.